The van der Waals surface area contributed by atoms with Gasteiger partial charge in [-0.3, -0.25) is 9.05 Å². The molecule has 0 aliphatic heterocycles. The highest BCUT2D eigenvalue weighted by atomic mass is 31.2. The summed E-state index contributed by atoms with van der Waals surface area (Å²) in [5.74, 6) is 0. The fourth-order valence-electron chi connectivity index (χ4n) is 0.840. The second-order valence-electron chi connectivity index (χ2n) is 4.65. The predicted molar refractivity (Wildman–Crippen MR) is 62.5 cm³/mol. The molecule has 0 aromatic carbocycles. The minimum atomic E-state index is -4.06. The lowest BCUT2D eigenvalue weighted by molar-refractivity contribution is -0.870. The van der Waals surface area contributed by atoms with Crippen molar-refractivity contribution in [1.82, 2.24) is 0 Å². The number of phosphoric ester groups is 1. The summed E-state index contributed by atoms with van der Waals surface area (Å²) in [5.41, 5.74) is 0. The van der Waals surface area contributed by atoms with Gasteiger partial charge in [-0.05, 0) is 0 Å². The Kier molecular flexibility index (Phi) is 7.43. The molecule has 2 atom stereocenters. The van der Waals surface area contributed by atoms with E-state index in [2.05, 4.69) is 4.52 Å². The van der Waals surface area contributed by atoms with Gasteiger partial charge in [-0.1, -0.05) is 0 Å². The highest BCUT2D eigenvalue weighted by Gasteiger charge is 2.24. The zero-order valence-corrected chi connectivity index (χ0v) is 11.7. The normalized spacial score (nSPS) is 17.8. The Morgan fingerprint density at radius 1 is 1.29 bits per heavy atom. The lowest BCUT2D eigenvalue weighted by atomic mass is 10.4. The number of ether oxygens (including phenoxy) is 1. The van der Waals surface area contributed by atoms with Crippen molar-refractivity contribution in [3.8, 4) is 0 Å². The summed E-state index contributed by atoms with van der Waals surface area (Å²) in [4.78, 5) is 9.32. The molecule has 7 nitrogen and oxygen atoms in total. The Morgan fingerprint density at radius 3 is 2.29 bits per heavy atom. The van der Waals surface area contributed by atoms with Crippen LogP contribution in [0.1, 0.15) is 0 Å². The van der Waals surface area contributed by atoms with Crippen LogP contribution >= 0.6 is 7.82 Å². The van der Waals surface area contributed by atoms with E-state index >= 15 is 0 Å². The summed E-state index contributed by atoms with van der Waals surface area (Å²) in [7, 11) is 3.15. The highest BCUT2D eigenvalue weighted by Crippen LogP contribution is 2.43. The first-order valence-electron chi connectivity index (χ1n) is 5.26. The van der Waals surface area contributed by atoms with E-state index in [1.807, 2.05) is 21.1 Å². The fraction of sp³-hybridized carbons (Fsp3) is 1.00. The van der Waals surface area contributed by atoms with E-state index in [0.717, 1.165) is 0 Å². The molecule has 0 fully saturated rings. The van der Waals surface area contributed by atoms with Crippen molar-refractivity contribution in [1.29, 1.82) is 0 Å². The van der Waals surface area contributed by atoms with Crippen molar-refractivity contribution in [2.75, 3.05) is 54.6 Å². The Morgan fingerprint density at radius 2 is 1.88 bits per heavy atom. The average Bonchev–Trinajstić information content (AvgIpc) is 2.16. The van der Waals surface area contributed by atoms with Crippen LogP contribution in [-0.4, -0.2) is 75.2 Å². The van der Waals surface area contributed by atoms with Gasteiger partial charge < -0.3 is 19.2 Å². The first-order valence-corrected chi connectivity index (χ1v) is 6.76. The number of rotatable bonds is 9. The third-order valence-electron chi connectivity index (χ3n) is 1.98. The quantitative estimate of drug-likeness (QED) is 0.448. The van der Waals surface area contributed by atoms with Crippen LogP contribution in [0.5, 0.6) is 0 Å². The van der Waals surface area contributed by atoms with Gasteiger partial charge in [0.1, 0.15) is 19.3 Å². The van der Waals surface area contributed by atoms with Gasteiger partial charge in [0.05, 0.1) is 34.4 Å². The number of quaternary nitrogens is 1. The molecule has 0 spiro atoms. The Hall–Kier alpha value is -0.0100. The molecule has 0 amide bonds. The van der Waals surface area contributed by atoms with Gasteiger partial charge in [0, 0.05) is 7.11 Å². The molecule has 17 heavy (non-hydrogen) atoms. The van der Waals surface area contributed by atoms with Crippen LogP contribution in [0, 0.1) is 0 Å². The number of hydrogen-bond donors (Lipinski definition) is 2. The van der Waals surface area contributed by atoms with Gasteiger partial charge in [0.15, 0.2) is 0 Å². The van der Waals surface area contributed by atoms with E-state index in [1.54, 1.807) is 0 Å². The monoisotopic (exact) mass is 272 g/mol. The number of phosphoric acid groups is 1. The second kappa shape index (κ2) is 7.43. The van der Waals surface area contributed by atoms with E-state index in [1.165, 1.54) is 7.11 Å². The van der Waals surface area contributed by atoms with Gasteiger partial charge in [0.2, 0.25) is 0 Å². The van der Waals surface area contributed by atoms with Gasteiger partial charge >= 0.3 is 7.82 Å². The number of methoxy groups -OCH3 is 1. The van der Waals surface area contributed by atoms with Gasteiger partial charge in [-0.15, -0.1) is 0 Å². The number of nitrogens with zero attached hydrogens (tertiary/aromatic N) is 1. The molecule has 0 aromatic heterocycles. The molecule has 0 aromatic rings. The summed E-state index contributed by atoms with van der Waals surface area (Å²) in [6, 6.07) is 0. The zero-order valence-electron chi connectivity index (χ0n) is 10.8. The second-order valence-corrected chi connectivity index (χ2v) is 6.11. The van der Waals surface area contributed by atoms with Crippen LogP contribution in [-0.2, 0) is 18.3 Å². The molecule has 0 aliphatic carbocycles. The summed E-state index contributed by atoms with van der Waals surface area (Å²) in [5, 5.41) is 8.79. The molecule has 0 radical (unpaired) electrons. The first kappa shape index (κ1) is 17.0. The van der Waals surface area contributed by atoms with E-state index in [-0.39, 0.29) is 19.8 Å². The van der Waals surface area contributed by atoms with Gasteiger partial charge in [-0.2, -0.15) is 0 Å². The zero-order chi connectivity index (χ0) is 13.5. The maximum Gasteiger partial charge on any atom is 0.472 e. The smallest absolute Gasteiger partial charge is 0.394 e. The third-order valence-corrected chi connectivity index (χ3v) is 2.96. The molecule has 2 N–H and O–H groups in total. The minimum absolute atomic E-state index is 0.119. The molecule has 0 rings (SSSR count). The Bertz CT molecular complexity index is 250. The van der Waals surface area contributed by atoms with E-state index in [4.69, 9.17) is 14.4 Å². The number of likely N-dealkylation sites (N-methyl/N-ethyl adjacent to an activating group) is 1. The minimum Gasteiger partial charge on any atom is -0.394 e. The molecular weight excluding hydrogens is 249 g/mol. The maximum atomic E-state index is 11.4. The van der Waals surface area contributed by atoms with Crippen molar-refractivity contribution in [3.05, 3.63) is 0 Å². The van der Waals surface area contributed by atoms with Gasteiger partial charge in [0.25, 0.3) is 0 Å². The van der Waals surface area contributed by atoms with Gasteiger partial charge in [-0.25, -0.2) is 4.57 Å². The molecule has 8 heteroatoms. The molecule has 0 heterocycles. The lowest BCUT2D eigenvalue weighted by Gasteiger charge is -2.24. The molecule has 0 saturated heterocycles. The Balaban J connectivity index is 3.92. The fourth-order valence-corrected chi connectivity index (χ4v) is 1.58. The summed E-state index contributed by atoms with van der Waals surface area (Å²) < 4.78 is 26.3. The standard InChI is InChI=1S/C9H22NO6P/c1-10(2,3)5-6-15-17(12,13)16-8-9(7-11)14-4/h9,11H,5-8H2,1-4H3/p+1. The topological polar surface area (TPSA) is 85.2 Å². The molecule has 0 bridgehead atoms. The Labute approximate surface area is 102 Å². The average molecular weight is 272 g/mol. The molecule has 0 aliphatic rings. The summed E-state index contributed by atoms with van der Waals surface area (Å²) in [6.07, 6.45) is -0.627. The van der Waals surface area contributed by atoms with Crippen LogP contribution < -0.4 is 0 Å². The van der Waals surface area contributed by atoms with Crippen molar-refractivity contribution in [2.24, 2.45) is 0 Å². The van der Waals surface area contributed by atoms with Crippen LogP contribution in [0.4, 0.5) is 0 Å². The highest BCUT2D eigenvalue weighted by molar-refractivity contribution is 7.47. The SMILES string of the molecule is COC(CO)COP(=O)(O)OCC[N+](C)(C)C. The molecule has 0 saturated carbocycles. The predicted octanol–water partition coefficient (Wildman–Crippen LogP) is -0.167. The van der Waals surface area contributed by atoms with E-state index in [0.29, 0.717) is 11.0 Å². The van der Waals surface area contributed by atoms with Crippen molar-refractivity contribution in [3.63, 3.8) is 0 Å². The third kappa shape index (κ3) is 9.67. The van der Waals surface area contributed by atoms with Crippen LogP contribution in [0.15, 0.2) is 0 Å². The summed E-state index contributed by atoms with van der Waals surface area (Å²) >= 11 is 0. The van der Waals surface area contributed by atoms with Crippen molar-refractivity contribution < 1.29 is 32.8 Å². The molecule has 2 unspecified atom stereocenters. The maximum absolute atomic E-state index is 11.4. The number of aliphatic hydroxyl groups is 1. The van der Waals surface area contributed by atoms with E-state index in [9.17, 15) is 9.46 Å². The van der Waals surface area contributed by atoms with E-state index < -0.39 is 13.9 Å². The largest absolute Gasteiger partial charge is 0.472 e. The lowest BCUT2D eigenvalue weighted by Crippen LogP contribution is -2.37. The number of hydrogen-bond acceptors (Lipinski definition) is 5. The molecule has 104 valence electrons. The summed E-state index contributed by atoms with van der Waals surface area (Å²) in [6.45, 7) is 0.232. The van der Waals surface area contributed by atoms with Crippen molar-refractivity contribution >= 4 is 7.82 Å². The molecular formula is C9H23NO6P+. The van der Waals surface area contributed by atoms with Crippen molar-refractivity contribution in [2.45, 2.75) is 6.10 Å². The van der Waals surface area contributed by atoms with Crippen LogP contribution in [0.3, 0.4) is 0 Å². The number of aliphatic hydroxyl groups excluding tert-OH is 1. The van der Waals surface area contributed by atoms with Crippen LogP contribution in [0.2, 0.25) is 0 Å². The van der Waals surface area contributed by atoms with Crippen LogP contribution in [0.25, 0.3) is 0 Å². The first-order chi connectivity index (χ1) is 7.70.